The monoisotopic (exact) mass is 207 g/mol. The van der Waals surface area contributed by atoms with Crippen LogP contribution in [0.3, 0.4) is 0 Å². The van der Waals surface area contributed by atoms with E-state index in [0.29, 0.717) is 0 Å². The third kappa shape index (κ3) is 3.36. The largest absolute Gasteiger partial charge is 0.468 e. The summed E-state index contributed by atoms with van der Waals surface area (Å²) in [5.74, 6) is -0.240. The smallest absolute Gasteiger partial charge is 0.319 e. The standard InChI is InChI=1S/C12H17NO2/c1-9-6-4-5-7-11(9)10(2)13-8-12(14)15-3/h4-7,10,13H,8H2,1-3H3/t10-/m1/s1. The molecular formula is C12H17NO2. The van der Waals surface area contributed by atoms with Crippen LogP contribution in [0.25, 0.3) is 0 Å². The predicted molar refractivity (Wildman–Crippen MR) is 59.6 cm³/mol. The third-order valence-electron chi connectivity index (χ3n) is 2.44. The molecule has 0 aliphatic rings. The van der Waals surface area contributed by atoms with Crippen molar-refractivity contribution in [3.05, 3.63) is 35.4 Å². The molecule has 3 nitrogen and oxygen atoms in total. The Bertz CT molecular complexity index is 336. The van der Waals surface area contributed by atoms with Crippen LogP contribution < -0.4 is 5.32 Å². The zero-order chi connectivity index (χ0) is 11.3. The van der Waals surface area contributed by atoms with Crippen molar-refractivity contribution in [3.63, 3.8) is 0 Å². The van der Waals surface area contributed by atoms with Gasteiger partial charge in [0.05, 0.1) is 13.7 Å². The number of aryl methyl sites for hydroxylation is 1. The lowest BCUT2D eigenvalue weighted by Crippen LogP contribution is -2.27. The molecule has 0 unspecified atom stereocenters. The van der Waals surface area contributed by atoms with Gasteiger partial charge < -0.3 is 10.1 Å². The number of carbonyl (C=O) groups excluding carboxylic acids is 1. The van der Waals surface area contributed by atoms with Crippen molar-refractivity contribution in [1.29, 1.82) is 0 Å². The summed E-state index contributed by atoms with van der Waals surface area (Å²) in [6.45, 7) is 4.34. The number of benzene rings is 1. The lowest BCUT2D eigenvalue weighted by molar-refractivity contribution is -0.139. The number of hydrogen-bond acceptors (Lipinski definition) is 3. The fourth-order valence-corrected chi connectivity index (χ4v) is 1.49. The maximum Gasteiger partial charge on any atom is 0.319 e. The van der Waals surface area contributed by atoms with Crippen molar-refractivity contribution in [1.82, 2.24) is 5.32 Å². The first kappa shape index (κ1) is 11.7. The van der Waals surface area contributed by atoms with Gasteiger partial charge in [0.1, 0.15) is 0 Å². The summed E-state index contributed by atoms with van der Waals surface area (Å²) < 4.78 is 4.57. The molecule has 0 bridgehead atoms. The Kier molecular flexibility index (Phi) is 4.31. The molecule has 1 rings (SSSR count). The van der Waals surface area contributed by atoms with E-state index in [2.05, 4.69) is 29.1 Å². The van der Waals surface area contributed by atoms with E-state index >= 15 is 0 Å². The van der Waals surface area contributed by atoms with Crippen molar-refractivity contribution in [2.24, 2.45) is 0 Å². The van der Waals surface area contributed by atoms with Crippen LogP contribution in [-0.2, 0) is 9.53 Å². The van der Waals surface area contributed by atoms with E-state index in [0.717, 1.165) is 0 Å². The van der Waals surface area contributed by atoms with Gasteiger partial charge in [-0.2, -0.15) is 0 Å². The Labute approximate surface area is 90.4 Å². The molecule has 1 atom stereocenters. The normalized spacial score (nSPS) is 12.2. The molecule has 0 fully saturated rings. The molecule has 1 aromatic rings. The van der Waals surface area contributed by atoms with Crippen LogP contribution in [0.1, 0.15) is 24.1 Å². The van der Waals surface area contributed by atoms with Gasteiger partial charge in [-0.05, 0) is 25.0 Å². The Balaban J connectivity index is 2.57. The number of carbonyl (C=O) groups is 1. The van der Waals surface area contributed by atoms with Crippen LogP contribution in [0.4, 0.5) is 0 Å². The van der Waals surface area contributed by atoms with Crippen molar-refractivity contribution in [2.45, 2.75) is 19.9 Å². The van der Waals surface area contributed by atoms with E-state index in [1.54, 1.807) is 0 Å². The van der Waals surface area contributed by atoms with Gasteiger partial charge in [-0.3, -0.25) is 4.79 Å². The lowest BCUT2D eigenvalue weighted by Gasteiger charge is -2.15. The van der Waals surface area contributed by atoms with Gasteiger partial charge in [0, 0.05) is 6.04 Å². The second-order valence-corrected chi connectivity index (χ2v) is 3.54. The minimum Gasteiger partial charge on any atom is -0.468 e. The second kappa shape index (κ2) is 5.51. The van der Waals surface area contributed by atoms with Crippen LogP contribution in [0.2, 0.25) is 0 Å². The number of methoxy groups -OCH3 is 1. The molecule has 0 heterocycles. The van der Waals surface area contributed by atoms with Crippen LogP contribution in [0.15, 0.2) is 24.3 Å². The molecule has 0 saturated heterocycles. The Morgan fingerprint density at radius 1 is 1.47 bits per heavy atom. The number of ether oxygens (including phenoxy) is 1. The quantitative estimate of drug-likeness (QED) is 0.765. The summed E-state index contributed by atoms with van der Waals surface area (Å²) in [6, 6.07) is 8.28. The van der Waals surface area contributed by atoms with Crippen molar-refractivity contribution < 1.29 is 9.53 Å². The summed E-state index contributed by atoms with van der Waals surface area (Å²) >= 11 is 0. The molecule has 1 N–H and O–H groups in total. The SMILES string of the molecule is COC(=O)CN[C@H](C)c1ccccc1C. The van der Waals surface area contributed by atoms with Gasteiger partial charge in [0.2, 0.25) is 0 Å². The van der Waals surface area contributed by atoms with Gasteiger partial charge in [-0.25, -0.2) is 0 Å². The number of rotatable bonds is 4. The molecule has 1 aromatic carbocycles. The van der Waals surface area contributed by atoms with Gasteiger partial charge in [-0.1, -0.05) is 24.3 Å². The summed E-state index contributed by atoms with van der Waals surface area (Å²) in [6.07, 6.45) is 0. The first-order valence-electron chi connectivity index (χ1n) is 5.01. The zero-order valence-electron chi connectivity index (χ0n) is 9.41. The molecule has 0 saturated carbocycles. The fourth-order valence-electron chi connectivity index (χ4n) is 1.49. The molecule has 0 amide bonds. The average Bonchev–Trinajstić information content (AvgIpc) is 2.26. The first-order valence-corrected chi connectivity index (χ1v) is 5.01. The van der Waals surface area contributed by atoms with Gasteiger partial charge in [-0.15, -0.1) is 0 Å². The highest BCUT2D eigenvalue weighted by molar-refractivity contribution is 5.71. The number of nitrogens with one attached hydrogen (secondary N) is 1. The van der Waals surface area contributed by atoms with Gasteiger partial charge in [0.15, 0.2) is 0 Å². The summed E-state index contributed by atoms with van der Waals surface area (Å²) in [5, 5.41) is 3.12. The highest BCUT2D eigenvalue weighted by Gasteiger charge is 2.08. The van der Waals surface area contributed by atoms with E-state index in [1.165, 1.54) is 18.2 Å². The van der Waals surface area contributed by atoms with E-state index in [9.17, 15) is 4.79 Å². The van der Waals surface area contributed by atoms with E-state index < -0.39 is 0 Å². The number of hydrogen-bond donors (Lipinski definition) is 1. The Morgan fingerprint density at radius 3 is 2.73 bits per heavy atom. The maximum atomic E-state index is 10.9. The average molecular weight is 207 g/mol. The minimum absolute atomic E-state index is 0.158. The summed E-state index contributed by atoms with van der Waals surface area (Å²) in [4.78, 5) is 10.9. The molecule has 15 heavy (non-hydrogen) atoms. The second-order valence-electron chi connectivity index (χ2n) is 3.54. The zero-order valence-corrected chi connectivity index (χ0v) is 9.41. The third-order valence-corrected chi connectivity index (χ3v) is 2.44. The molecule has 0 aliphatic carbocycles. The van der Waals surface area contributed by atoms with Crippen LogP contribution in [-0.4, -0.2) is 19.6 Å². The van der Waals surface area contributed by atoms with E-state index in [4.69, 9.17) is 0 Å². The lowest BCUT2D eigenvalue weighted by atomic mass is 10.0. The van der Waals surface area contributed by atoms with Crippen molar-refractivity contribution in [3.8, 4) is 0 Å². The minimum atomic E-state index is -0.240. The maximum absolute atomic E-state index is 10.9. The Hall–Kier alpha value is -1.35. The van der Waals surface area contributed by atoms with Crippen LogP contribution >= 0.6 is 0 Å². The summed E-state index contributed by atoms with van der Waals surface area (Å²) in [5.41, 5.74) is 2.43. The van der Waals surface area contributed by atoms with Crippen molar-refractivity contribution >= 4 is 5.97 Å². The Morgan fingerprint density at radius 2 is 2.13 bits per heavy atom. The fraction of sp³-hybridized carbons (Fsp3) is 0.417. The first-order chi connectivity index (χ1) is 7.15. The molecule has 3 heteroatoms. The van der Waals surface area contributed by atoms with E-state index in [-0.39, 0.29) is 18.6 Å². The summed E-state index contributed by atoms with van der Waals surface area (Å²) in [7, 11) is 1.39. The van der Waals surface area contributed by atoms with Crippen molar-refractivity contribution in [2.75, 3.05) is 13.7 Å². The molecule has 82 valence electrons. The van der Waals surface area contributed by atoms with E-state index in [1.807, 2.05) is 19.1 Å². The molecule has 0 aromatic heterocycles. The van der Waals surface area contributed by atoms with Gasteiger partial charge in [0.25, 0.3) is 0 Å². The van der Waals surface area contributed by atoms with Gasteiger partial charge >= 0.3 is 5.97 Å². The molecule has 0 aliphatic heterocycles. The molecule has 0 spiro atoms. The van der Waals surface area contributed by atoms with Crippen LogP contribution in [0.5, 0.6) is 0 Å². The molecular weight excluding hydrogens is 190 g/mol. The highest BCUT2D eigenvalue weighted by Crippen LogP contribution is 2.15. The topological polar surface area (TPSA) is 38.3 Å². The van der Waals surface area contributed by atoms with Crippen LogP contribution in [0, 0.1) is 6.92 Å². The molecule has 0 radical (unpaired) electrons. The predicted octanol–water partition coefficient (Wildman–Crippen LogP) is 1.82. The number of esters is 1. The highest BCUT2D eigenvalue weighted by atomic mass is 16.5.